The van der Waals surface area contributed by atoms with Crippen LogP contribution in [0.25, 0.3) is 10.8 Å². The zero-order valence-electron chi connectivity index (χ0n) is 15.5. The number of amides is 2. The molecular formula is C20H21N3O3S. The highest BCUT2D eigenvalue weighted by atomic mass is 32.1. The van der Waals surface area contributed by atoms with Gasteiger partial charge in [0.15, 0.2) is 10.8 Å². The average molecular weight is 383 g/mol. The van der Waals surface area contributed by atoms with Crippen molar-refractivity contribution in [1.29, 1.82) is 0 Å². The molecule has 2 aromatic heterocycles. The van der Waals surface area contributed by atoms with Crippen LogP contribution in [-0.4, -0.2) is 35.3 Å². The third-order valence-corrected chi connectivity index (χ3v) is 5.21. The molecule has 3 rings (SSSR count). The molecule has 140 valence electrons. The van der Waals surface area contributed by atoms with E-state index < -0.39 is 0 Å². The van der Waals surface area contributed by atoms with E-state index in [1.807, 2.05) is 43.5 Å². The molecule has 2 heterocycles. The Bertz CT molecular complexity index is 947. The standard InChI is InChI=1S/C20H21N3O3S/c1-13-6-4-7-16(14(13)2)22-18(24)11-23(3)19(25)10-15-12-27-20(21-15)17-8-5-9-26-17/h4-9,12H,10-11H2,1-3H3,(H,22,24). The van der Waals surface area contributed by atoms with Gasteiger partial charge in [-0.3, -0.25) is 9.59 Å². The van der Waals surface area contributed by atoms with Crippen molar-refractivity contribution in [3.63, 3.8) is 0 Å². The van der Waals surface area contributed by atoms with Crippen LogP contribution in [0, 0.1) is 13.8 Å². The first-order valence-electron chi connectivity index (χ1n) is 8.52. The molecule has 1 N–H and O–H groups in total. The maximum atomic E-state index is 12.4. The molecule has 0 saturated carbocycles. The van der Waals surface area contributed by atoms with Crippen molar-refractivity contribution in [1.82, 2.24) is 9.88 Å². The zero-order valence-corrected chi connectivity index (χ0v) is 16.3. The smallest absolute Gasteiger partial charge is 0.243 e. The van der Waals surface area contributed by atoms with E-state index in [0.29, 0.717) is 11.5 Å². The van der Waals surface area contributed by atoms with Gasteiger partial charge in [0.1, 0.15) is 0 Å². The number of nitrogens with zero attached hydrogens (tertiary/aromatic N) is 2. The van der Waals surface area contributed by atoms with E-state index in [2.05, 4.69) is 10.3 Å². The van der Waals surface area contributed by atoms with Crippen molar-refractivity contribution >= 4 is 28.8 Å². The van der Waals surface area contributed by atoms with Crippen LogP contribution in [0.1, 0.15) is 16.8 Å². The summed E-state index contributed by atoms with van der Waals surface area (Å²) in [7, 11) is 1.62. The minimum absolute atomic E-state index is 0.0125. The number of benzene rings is 1. The van der Waals surface area contributed by atoms with Gasteiger partial charge in [-0.1, -0.05) is 12.1 Å². The molecule has 0 aliphatic heterocycles. The number of hydrogen-bond acceptors (Lipinski definition) is 5. The molecule has 0 saturated heterocycles. The highest BCUT2D eigenvalue weighted by Crippen LogP contribution is 2.24. The molecule has 0 aliphatic rings. The van der Waals surface area contributed by atoms with Gasteiger partial charge in [-0.15, -0.1) is 11.3 Å². The molecule has 0 aliphatic carbocycles. The summed E-state index contributed by atoms with van der Waals surface area (Å²) < 4.78 is 5.31. The van der Waals surface area contributed by atoms with Gasteiger partial charge < -0.3 is 14.6 Å². The number of thiazole rings is 1. The fourth-order valence-corrected chi connectivity index (χ4v) is 3.36. The average Bonchev–Trinajstić information content (AvgIpc) is 3.30. The van der Waals surface area contributed by atoms with Crippen LogP contribution in [0.4, 0.5) is 5.69 Å². The number of nitrogens with one attached hydrogen (secondary N) is 1. The van der Waals surface area contributed by atoms with Crippen LogP contribution in [0.2, 0.25) is 0 Å². The SMILES string of the molecule is Cc1cccc(NC(=O)CN(C)C(=O)Cc2csc(-c3ccco3)n2)c1C. The van der Waals surface area contributed by atoms with E-state index in [4.69, 9.17) is 4.42 Å². The van der Waals surface area contributed by atoms with Crippen molar-refractivity contribution in [2.75, 3.05) is 18.9 Å². The summed E-state index contributed by atoms with van der Waals surface area (Å²) in [5, 5.41) is 5.43. The second kappa shape index (κ2) is 8.18. The summed E-state index contributed by atoms with van der Waals surface area (Å²) in [6, 6.07) is 9.36. The van der Waals surface area contributed by atoms with Gasteiger partial charge in [-0.25, -0.2) is 4.98 Å². The van der Waals surface area contributed by atoms with Crippen molar-refractivity contribution in [3.05, 3.63) is 58.8 Å². The molecule has 2 amide bonds. The summed E-state index contributed by atoms with van der Waals surface area (Å²) in [4.78, 5) is 30.5. The van der Waals surface area contributed by atoms with Crippen LogP contribution in [0.15, 0.2) is 46.4 Å². The van der Waals surface area contributed by atoms with E-state index in [-0.39, 0.29) is 24.8 Å². The molecule has 1 aromatic carbocycles. The van der Waals surface area contributed by atoms with E-state index in [1.54, 1.807) is 19.4 Å². The fourth-order valence-electron chi connectivity index (χ4n) is 2.57. The number of hydrogen-bond donors (Lipinski definition) is 1. The van der Waals surface area contributed by atoms with Crippen molar-refractivity contribution < 1.29 is 14.0 Å². The highest BCUT2D eigenvalue weighted by Gasteiger charge is 2.16. The van der Waals surface area contributed by atoms with Crippen molar-refractivity contribution in [2.24, 2.45) is 0 Å². The summed E-state index contributed by atoms with van der Waals surface area (Å²) in [6.45, 7) is 3.94. The van der Waals surface area contributed by atoms with Gasteiger partial charge in [0.2, 0.25) is 11.8 Å². The Morgan fingerprint density at radius 1 is 1.22 bits per heavy atom. The number of furan rings is 1. The number of carbonyl (C=O) groups is 2. The zero-order chi connectivity index (χ0) is 19.4. The first kappa shape index (κ1) is 18.8. The number of rotatable bonds is 6. The van der Waals surface area contributed by atoms with E-state index in [0.717, 1.165) is 21.8 Å². The normalized spacial score (nSPS) is 10.6. The first-order chi connectivity index (χ1) is 12.9. The molecular weight excluding hydrogens is 362 g/mol. The molecule has 0 unspecified atom stereocenters. The predicted octanol–water partition coefficient (Wildman–Crippen LogP) is 3.66. The Labute approximate surface area is 161 Å². The lowest BCUT2D eigenvalue weighted by Gasteiger charge is -2.17. The maximum Gasteiger partial charge on any atom is 0.243 e. The number of aromatic nitrogens is 1. The molecule has 0 atom stereocenters. The molecule has 0 spiro atoms. The van der Waals surface area contributed by atoms with Gasteiger partial charge in [0.05, 0.1) is 24.9 Å². The fraction of sp³-hybridized carbons (Fsp3) is 0.250. The highest BCUT2D eigenvalue weighted by molar-refractivity contribution is 7.13. The minimum atomic E-state index is -0.228. The van der Waals surface area contributed by atoms with Gasteiger partial charge in [-0.05, 0) is 43.2 Å². The number of anilines is 1. The van der Waals surface area contributed by atoms with Crippen LogP contribution >= 0.6 is 11.3 Å². The number of likely N-dealkylation sites (N-methyl/N-ethyl adjacent to an activating group) is 1. The van der Waals surface area contributed by atoms with Crippen molar-refractivity contribution in [3.8, 4) is 10.8 Å². The number of aryl methyl sites for hydroxylation is 1. The molecule has 3 aromatic rings. The Morgan fingerprint density at radius 2 is 2.04 bits per heavy atom. The van der Waals surface area contributed by atoms with Crippen LogP contribution in [0.5, 0.6) is 0 Å². The Balaban J connectivity index is 1.56. The third-order valence-electron chi connectivity index (χ3n) is 4.30. The van der Waals surface area contributed by atoms with Crippen LogP contribution in [0.3, 0.4) is 0 Å². The van der Waals surface area contributed by atoms with E-state index >= 15 is 0 Å². The van der Waals surface area contributed by atoms with Gasteiger partial charge >= 0.3 is 0 Å². The molecule has 0 fully saturated rings. The lowest BCUT2D eigenvalue weighted by atomic mass is 10.1. The number of carbonyl (C=O) groups excluding carboxylic acids is 2. The Morgan fingerprint density at radius 3 is 2.78 bits per heavy atom. The quantitative estimate of drug-likeness (QED) is 0.705. The third kappa shape index (κ3) is 4.62. The topological polar surface area (TPSA) is 75.4 Å². The molecule has 7 heteroatoms. The second-order valence-corrected chi connectivity index (χ2v) is 7.20. The predicted molar refractivity (Wildman–Crippen MR) is 106 cm³/mol. The molecule has 0 radical (unpaired) electrons. The summed E-state index contributed by atoms with van der Waals surface area (Å²) in [6.07, 6.45) is 1.73. The van der Waals surface area contributed by atoms with E-state index in [1.165, 1.54) is 16.2 Å². The lowest BCUT2D eigenvalue weighted by Crippen LogP contribution is -2.36. The molecule has 0 bridgehead atoms. The van der Waals surface area contributed by atoms with Crippen LogP contribution in [-0.2, 0) is 16.0 Å². The second-order valence-electron chi connectivity index (χ2n) is 6.34. The summed E-state index contributed by atoms with van der Waals surface area (Å²) in [5.41, 5.74) is 3.56. The Hall–Kier alpha value is -2.93. The van der Waals surface area contributed by atoms with Crippen LogP contribution < -0.4 is 5.32 Å². The first-order valence-corrected chi connectivity index (χ1v) is 9.40. The van der Waals surface area contributed by atoms with Gasteiger partial charge in [0.25, 0.3) is 0 Å². The summed E-state index contributed by atoms with van der Waals surface area (Å²) >= 11 is 1.42. The van der Waals surface area contributed by atoms with E-state index in [9.17, 15) is 9.59 Å². The largest absolute Gasteiger partial charge is 0.462 e. The maximum absolute atomic E-state index is 12.4. The summed E-state index contributed by atoms with van der Waals surface area (Å²) in [5.74, 6) is 0.288. The lowest BCUT2D eigenvalue weighted by molar-refractivity contribution is -0.132. The monoisotopic (exact) mass is 383 g/mol. The molecule has 6 nitrogen and oxygen atoms in total. The minimum Gasteiger partial charge on any atom is -0.462 e. The Kier molecular flexibility index (Phi) is 5.71. The molecule has 27 heavy (non-hydrogen) atoms. The van der Waals surface area contributed by atoms with Gasteiger partial charge in [0, 0.05) is 18.1 Å². The van der Waals surface area contributed by atoms with Crippen molar-refractivity contribution in [2.45, 2.75) is 20.3 Å². The van der Waals surface area contributed by atoms with Gasteiger partial charge in [-0.2, -0.15) is 0 Å².